The van der Waals surface area contributed by atoms with Crippen molar-refractivity contribution in [3.05, 3.63) is 72.3 Å². The molecule has 2 aliphatic carbocycles. The van der Waals surface area contributed by atoms with E-state index in [0.717, 1.165) is 24.0 Å². The Bertz CT molecular complexity index is 1040. The third-order valence-electron chi connectivity index (χ3n) is 6.68. The average Bonchev–Trinajstić information content (AvgIpc) is 3.16. The van der Waals surface area contributed by atoms with Crippen LogP contribution in [-0.4, -0.2) is 53.7 Å². The van der Waals surface area contributed by atoms with Gasteiger partial charge in [-0.1, -0.05) is 61.0 Å². The highest BCUT2D eigenvalue weighted by atomic mass is 16.5. The summed E-state index contributed by atoms with van der Waals surface area (Å²) < 4.78 is 5.64. The summed E-state index contributed by atoms with van der Waals surface area (Å²) in [5.74, 6) is -1.60. The highest BCUT2D eigenvalue weighted by Gasteiger charge is 2.33. The first-order chi connectivity index (χ1) is 16.5. The number of fused-ring (bicyclic) bond motifs is 3. The highest BCUT2D eigenvalue weighted by molar-refractivity contribution is 5.83. The Balaban J connectivity index is 1.34. The zero-order valence-electron chi connectivity index (χ0n) is 19.1. The van der Waals surface area contributed by atoms with Crippen molar-refractivity contribution >= 4 is 18.0 Å². The number of alkyl carbamates (subject to hydrolysis) is 1. The summed E-state index contributed by atoms with van der Waals surface area (Å²) >= 11 is 0. The summed E-state index contributed by atoms with van der Waals surface area (Å²) in [6.45, 7) is 3.68. The van der Waals surface area contributed by atoms with Gasteiger partial charge in [0.05, 0.1) is 0 Å². The molecule has 0 unspecified atom stereocenters. The second-order valence-corrected chi connectivity index (χ2v) is 8.93. The molecule has 0 bridgehead atoms. The molecular formula is C27H30N2O5. The van der Waals surface area contributed by atoms with Crippen molar-refractivity contribution in [3.8, 4) is 11.1 Å². The van der Waals surface area contributed by atoms with Crippen LogP contribution in [0.3, 0.4) is 0 Å². The molecule has 0 aliphatic heterocycles. The van der Waals surface area contributed by atoms with Crippen LogP contribution >= 0.6 is 0 Å². The number of carbonyl (C=O) groups excluding carboxylic acids is 2. The molecule has 34 heavy (non-hydrogen) atoms. The van der Waals surface area contributed by atoms with E-state index in [1.54, 1.807) is 0 Å². The lowest BCUT2D eigenvalue weighted by Gasteiger charge is -2.32. The lowest BCUT2D eigenvalue weighted by Crippen LogP contribution is -2.45. The number of amides is 2. The number of carboxylic acids is 1. The van der Waals surface area contributed by atoms with Crippen molar-refractivity contribution in [2.45, 2.75) is 37.6 Å². The second-order valence-electron chi connectivity index (χ2n) is 8.93. The Morgan fingerprint density at radius 2 is 1.71 bits per heavy atom. The van der Waals surface area contributed by atoms with Crippen LogP contribution in [0.1, 0.15) is 42.7 Å². The van der Waals surface area contributed by atoms with E-state index in [1.165, 1.54) is 22.1 Å². The minimum absolute atomic E-state index is 0.0117. The summed E-state index contributed by atoms with van der Waals surface area (Å²) in [7, 11) is 0. The lowest BCUT2D eigenvalue weighted by molar-refractivity contribution is -0.146. The molecule has 0 heterocycles. The first-order valence-corrected chi connectivity index (χ1v) is 11.7. The van der Waals surface area contributed by atoms with Gasteiger partial charge in [-0.05, 0) is 41.5 Å². The van der Waals surface area contributed by atoms with Crippen molar-refractivity contribution in [2.24, 2.45) is 5.92 Å². The van der Waals surface area contributed by atoms with Gasteiger partial charge < -0.3 is 20.1 Å². The van der Waals surface area contributed by atoms with E-state index in [-0.39, 0.29) is 43.5 Å². The molecule has 0 saturated heterocycles. The third-order valence-corrected chi connectivity index (χ3v) is 6.68. The molecule has 0 spiro atoms. The smallest absolute Gasteiger partial charge is 0.407 e. The van der Waals surface area contributed by atoms with Crippen LogP contribution in [0.4, 0.5) is 4.79 Å². The molecule has 1 fully saturated rings. The van der Waals surface area contributed by atoms with Gasteiger partial charge in [0.15, 0.2) is 0 Å². The van der Waals surface area contributed by atoms with Crippen LogP contribution in [0.25, 0.3) is 11.1 Å². The minimum atomic E-state index is -1.06. The van der Waals surface area contributed by atoms with E-state index < -0.39 is 12.1 Å². The summed E-state index contributed by atoms with van der Waals surface area (Å²) in [4.78, 5) is 37.9. The maximum absolute atomic E-state index is 12.9. The maximum atomic E-state index is 12.9. The monoisotopic (exact) mass is 462 g/mol. The molecule has 7 heteroatoms. The van der Waals surface area contributed by atoms with E-state index in [1.807, 2.05) is 24.3 Å². The van der Waals surface area contributed by atoms with Gasteiger partial charge in [0.1, 0.15) is 13.2 Å². The van der Waals surface area contributed by atoms with Gasteiger partial charge in [-0.2, -0.15) is 0 Å². The largest absolute Gasteiger partial charge is 0.480 e. The SMILES string of the molecule is C=CCN(CC(=O)O)C(=O)[C@@H]1CCC[C@@H](NC(=O)OCC2c3ccccc3-c3ccccc32)C1. The van der Waals surface area contributed by atoms with Gasteiger partial charge in [-0.25, -0.2) is 4.79 Å². The fourth-order valence-electron chi connectivity index (χ4n) is 5.16. The number of hydrogen-bond donors (Lipinski definition) is 2. The van der Waals surface area contributed by atoms with Crippen LogP contribution in [0.5, 0.6) is 0 Å². The van der Waals surface area contributed by atoms with Crippen LogP contribution in [-0.2, 0) is 14.3 Å². The molecule has 1 saturated carbocycles. The van der Waals surface area contributed by atoms with E-state index in [0.29, 0.717) is 12.8 Å². The van der Waals surface area contributed by atoms with E-state index in [9.17, 15) is 14.4 Å². The van der Waals surface area contributed by atoms with Crippen molar-refractivity contribution in [3.63, 3.8) is 0 Å². The number of carboxylic acid groups (broad SMARTS) is 1. The Kier molecular flexibility index (Phi) is 7.30. The number of nitrogens with zero attached hydrogens (tertiary/aromatic N) is 1. The summed E-state index contributed by atoms with van der Waals surface area (Å²) in [6.07, 6.45) is 3.71. The van der Waals surface area contributed by atoms with Gasteiger partial charge in [-0.3, -0.25) is 9.59 Å². The van der Waals surface area contributed by atoms with Gasteiger partial charge in [0.25, 0.3) is 0 Å². The van der Waals surface area contributed by atoms with E-state index in [2.05, 4.69) is 36.2 Å². The number of nitrogens with one attached hydrogen (secondary N) is 1. The second kappa shape index (κ2) is 10.5. The molecule has 2 aromatic carbocycles. The summed E-state index contributed by atoms with van der Waals surface area (Å²) in [5, 5.41) is 12.0. The molecular weight excluding hydrogens is 432 g/mol. The van der Waals surface area contributed by atoms with E-state index >= 15 is 0 Å². The van der Waals surface area contributed by atoms with Crippen LogP contribution < -0.4 is 5.32 Å². The van der Waals surface area contributed by atoms with Crippen LogP contribution in [0.2, 0.25) is 0 Å². The number of rotatable bonds is 8. The Morgan fingerprint density at radius 3 is 2.32 bits per heavy atom. The molecule has 178 valence electrons. The van der Waals surface area contributed by atoms with Crippen molar-refractivity contribution in [1.29, 1.82) is 0 Å². The standard InChI is InChI=1S/C27H30N2O5/c1-2-14-29(16-25(30)31)26(32)18-8-7-9-19(15-18)28-27(33)34-17-24-22-12-5-3-10-20(22)21-11-4-6-13-23(21)24/h2-6,10-13,18-19,24H,1,7-9,14-17H2,(H,28,33)(H,30,31)/t18-,19-/m1/s1. The number of ether oxygens (including phenoxy) is 1. The highest BCUT2D eigenvalue weighted by Crippen LogP contribution is 2.44. The Labute approximate surface area is 199 Å². The van der Waals surface area contributed by atoms with Crippen LogP contribution in [0, 0.1) is 5.92 Å². The summed E-state index contributed by atoms with van der Waals surface area (Å²) in [6, 6.07) is 16.2. The third kappa shape index (κ3) is 5.14. The number of carbonyl (C=O) groups is 3. The number of hydrogen-bond acceptors (Lipinski definition) is 4. The Morgan fingerprint density at radius 1 is 1.06 bits per heavy atom. The number of benzene rings is 2. The average molecular weight is 463 g/mol. The Hall–Kier alpha value is -3.61. The van der Waals surface area contributed by atoms with Crippen molar-refractivity contribution in [2.75, 3.05) is 19.7 Å². The van der Waals surface area contributed by atoms with Gasteiger partial charge in [0, 0.05) is 24.4 Å². The first-order valence-electron chi connectivity index (χ1n) is 11.7. The van der Waals surface area contributed by atoms with Gasteiger partial charge in [0.2, 0.25) is 5.91 Å². The minimum Gasteiger partial charge on any atom is -0.480 e. The zero-order valence-corrected chi connectivity index (χ0v) is 19.1. The molecule has 2 atom stereocenters. The van der Waals surface area contributed by atoms with Gasteiger partial charge >= 0.3 is 12.1 Å². The fourth-order valence-corrected chi connectivity index (χ4v) is 5.16. The van der Waals surface area contributed by atoms with Crippen molar-refractivity contribution < 1.29 is 24.2 Å². The van der Waals surface area contributed by atoms with E-state index in [4.69, 9.17) is 9.84 Å². The lowest BCUT2D eigenvalue weighted by atomic mass is 9.84. The molecule has 2 N–H and O–H groups in total. The predicted molar refractivity (Wildman–Crippen MR) is 128 cm³/mol. The zero-order chi connectivity index (χ0) is 24.1. The number of aliphatic carboxylic acids is 1. The summed E-state index contributed by atoms with van der Waals surface area (Å²) in [5.41, 5.74) is 4.65. The fraction of sp³-hybridized carbons (Fsp3) is 0.370. The molecule has 4 rings (SSSR count). The molecule has 0 aromatic heterocycles. The predicted octanol–water partition coefficient (Wildman–Crippen LogP) is 4.18. The molecule has 2 aliphatic rings. The quantitative estimate of drug-likeness (QED) is 0.574. The normalized spacial score (nSPS) is 18.9. The van der Waals surface area contributed by atoms with Gasteiger partial charge in [-0.15, -0.1) is 6.58 Å². The molecule has 0 radical (unpaired) electrons. The first kappa shape index (κ1) is 23.5. The molecule has 2 aromatic rings. The van der Waals surface area contributed by atoms with Crippen molar-refractivity contribution in [1.82, 2.24) is 10.2 Å². The maximum Gasteiger partial charge on any atom is 0.407 e. The molecule has 2 amide bonds. The molecule has 7 nitrogen and oxygen atoms in total. The topological polar surface area (TPSA) is 95.9 Å². The van der Waals surface area contributed by atoms with Crippen LogP contribution in [0.15, 0.2) is 61.2 Å².